The number of hydrogen-bond acceptors (Lipinski definition) is 5. The number of pyridine rings is 1. The fraction of sp³-hybridized carbons (Fsp3) is 0.188. The maximum atomic E-state index is 4.45. The van der Waals surface area contributed by atoms with E-state index in [1.165, 1.54) is 21.4 Å². The molecule has 4 nitrogen and oxygen atoms in total. The van der Waals surface area contributed by atoms with Crippen LogP contribution < -0.4 is 5.32 Å². The highest BCUT2D eigenvalue weighted by molar-refractivity contribution is 7.99. The molecule has 2 aromatic heterocycles. The Morgan fingerprint density at radius 3 is 2.90 bits per heavy atom. The highest BCUT2D eigenvalue weighted by Crippen LogP contribution is 2.37. The third kappa shape index (κ3) is 2.34. The van der Waals surface area contributed by atoms with Crippen molar-refractivity contribution in [2.75, 3.05) is 11.1 Å². The van der Waals surface area contributed by atoms with Crippen LogP contribution >= 0.6 is 11.8 Å². The van der Waals surface area contributed by atoms with Crippen LogP contribution in [-0.4, -0.2) is 20.7 Å². The largest absolute Gasteiger partial charge is 0.365 e. The van der Waals surface area contributed by atoms with E-state index < -0.39 is 0 Å². The predicted octanol–water partition coefficient (Wildman–Crippen LogP) is 3.29. The average molecular weight is 294 g/mol. The Hall–Kier alpha value is -2.14. The second kappa shape index (κ2) is 5.33. The minimum atomic E-state index is 0.742. The summed E-state index contributed by atoms with van der Waals surface area (Å²) in [5.74, 6) is 2.07. The van der Waals surface area contributed by atoms with E-state index in [0.717, 1.165) is 30.1 Å². The minimum absolute atomic E-state index is 0.742. The molecule has 5 heteroatoms. The molecule has 0 saturated carbocycles. The minimum Gasteiger partial charge on any atom is -0.365 e. The summed E-state index contributed by atoms with van der Waals surface area (Å²) >= 11 is 1.91. The molecule has 1 aromatic carbocycles. The normalized spacial score (nSPS) is 13.3. The van der Waals surface area contributed by atoms with E-state index in [1.807, 2.05) is 36.3 Å². The molecule has 0 fully saturated rings. The van der Waals surface area contributed by atoms with Crippen LogP contribution in [0.4, 0.5) is 5.82 Å². The van der Waals surface area contributed by atoms with Crippen LogP contribution in [-0.2, 0) is 13.0 Å². The highest BCUT2D eigenvalue weighted by Gasteiger charge is 2.17. The topological polar surface area (TPSA) is 50.7 Å². The second-order valence-corrected chi connectivity index (χ2v) is 6.10. The van der Waals surface area contributed by atoms with E-state index >= 15 is 0 Å². The smallest absolute Gasteiger partial charge is 0.137 e. The van der Waals surface area contributed by atoms with Crippen molar-refractivity contribution in [2.45, 2.75) is 17.9 Å². The molecule has 1 aliphatic rings. The molecule has 0 bridgehead atoms. The van der Waals surface area contributed by atoms with Crippen molar-refractivity contribution in [1.82, 2.24) is 15.0 Å². The van der Waals surface area contributed by atoms with E-state index in [1.54, 1.807) is 6.33 Å². The number of nitrogens with zero attached hydrogens (tertiary/aromatic N) is 3. The Balaban J connectivity index is 1.73. The lowest BCUT2D eigenvalue weighted by atomic mass is 10.1. The molecule has 0 aliphatic carbocycles. The van der Waals surface area contributed by atoms with Gasteiger partial charge in [0.1, 0.15) is 12.1 Å². The lowest BCUT2D eigenvalue weighted by Gasteiger charge is -2.11. The summed E-state index contributed by atoms with van der Waals surface area (Å²) in [5, 5.41) is 4.62. The summed E-state index contributed by atoms with van der Waals surface area (Å²) in [5.41, 5.74) is 3.59. The van der Waals surface area contributed by atoms with Crippen LogP contribution in [0.2, 0.25) is 0 Å². The van der Waals surface area contributed by atoms with Crippen molar-refractivity contribution >= 4 is 28.5 Å². The van der Waals surface area contributed by atoms with Gasteiger partial charge in [0, 0.05) is 35.0 Å². The predicted molar refractivity (Wildman–Crippen MR) is 85.5 cm³/mol. The number of benzene rings is 1. The highest BCUT2D eigenvalue weighted by atomic mass is 32.2. The Morgan fingerprint density at radius 2 is 2.00 bits per heavy atom. The summed E-state index contributed by atoms with van der Waals surface area (Å²) in [6, 6.07) is 8.29. The van der Waals surface area contributed by atoms with Gasteiger partial charge in [-0.2, -0.15) is 0 Å². The lowest BCUT2D eigenvalue weighted by Crippen LogP contribution is -2.04. The molecule has 0 atom stereocenters. The Bertz CT molecular complexity index is 789. The number of nitrogens with one attached hydrogen (secondary N) is 1. The standard InChI is InChI=1S/C16H14N4S/c1-2-14-12(5-8-21-14)15-13(1)19-10-20-16(15)18-9-11-3-6-17-7-4-11/h1-4,6-7,10H,5,8-9H2,(H,18,19,20). The summed E-state index contributed by atoms with van der Waals surface area (Å²) in [6.45, 7) is 0.742. The fourth-order valence-corrected chi connectivity index (χ4v) is 3.74. The number of fused-ring (bicyclic) bond motifs is 3. The van der Waals surface area contributed by atoms with Crippen LogP contribution in [0.15, 0.2) is 47.9 Å². The first-order valence-electron chi connectivity index (χ1n) is 6.94. The van der Waals surface area contributed by atoms with Crippen molar-refractivity contribution < 1.29 is 0 Å². The van der Waals surface area contributed by atoms with Gasteiger partial charge in [-0.1, -0.05) is 0 Å². The molecule has 4 rings (SSSR count). The van der Waals surface area contributed by atoms with Gasteiger partial charge in [0.2, 0.25) is 0 Å². The molecule has 104 valence electrons. The number of anilines is 1. The summed E-state index contributed by atoms with van der Waals surface area (Å²) in [6.07, 6.45) is 6.34. The molecule has 0 saturated heterocycles. The Morgan fingerprint density at radius 1 is 1.10 bits per heavy atom. The number of rotatable bonds is 3. The van der Waals surface area contributed by atoms with Crippen molar-refractivity contribution in [2.24, 2.45) is 0 Å². The zero-order valence-electron chi connectivity index (χ0n) is 11.4. The molecule has 21 heavy (non-hydrogen) atoms. The molecular formula is C16H14N4S. The first-order chi connectivity index (χ1) is 10.4. The van der Waals surface area contributed by atoms with Crippen molar-refractivity contribution in [3.05, 3.63) is 54.1 Å². The van der Waals surface area contributed by atoms with Gasteiger partial charge < -0.3 is 5.32 Å². The SMILES string of the molecule is c1cc(CNc2ncnc3ccc4c(c23)CCS4)ccn1. The van der Waals surface area contributed by atoms with E-state index in [4.69, 9.17) is 0 Å². The van der Waals surface area contributed by atoms with E-state index in [0.29, 0.717) is 0 Å². The molecule has 0 radical (unpaired) electrons. The van der Waals surface area contributed by atoms with Crippen molar-refractivity contribution in [3.63, 3.8) is 0 Å². The van der Waals surface area contributed by atoms with E-state index in [2.05, 4.69) is 32.4 Å². The molecular weight excluding hydrogens is 280 g/mol. The van der Waals surface area contributed by atoms with Gasteiger partial charge in [-0.15, -0.1) is 11.8 Å². The molecule has 3 heterocycles. The third-order valence-corrected chi connectivity index (χ3v) is 4.79. The Kier molecular flexibility index (Phi) is 3.20. The zero-order valence-corrected chi connectivity index (χ0v) is 12.2. The van der Waals surface area contributed by atoms with Crippen molar-refractivity contribution in [3.8, 4) is 0 Å². The average Bonchev–Trinajstić information content (AvgIpc) is 3.02. The van der Waals surface area contributed by atoms with Crippen LogP contribution in [0.1, 0.15) is 11.1 Å². The van der Waals surface area contributed by atoms with Crippen molar-refractivity contribution in [1.29, 1.82) is 0 Å². The number of thioether (sulfide) groups is 1. The van der Waals surface area contributed by atoms with Gasteiger partial charge in [0.15, 0.2) is 0 Å². The summed E-state index contributed by atoms with van der Waals surface area (Å²) in [4.78, 5) is 14.3. The monoisotopic (exact) mass is 294 g/mol. The second-order valence-electron chi connectivity index (χ2n) is 4.97. The number of aromatic nitrogens is 3. The fourth-order valence-electron chi connectivity index (χ4n) is 2.67. The quantitative estimate of drug-likeness (QED) is 0.803. The lowest BCUT2D eigenvalue weighted by molar-refractivity contribution is 1.08. The summed E-state index contributed by atoms with van der Waals surface area (Å²) in [7, 11) is 0. The maximum Gasteiger partial charge on any atom is 0.137 e. The first kappa shape index (κ1) is 12.6. The van der Waals surface area contributed by atoms with Crippen LogP contribution in [0, 0.1) is 0 Å². The van der Waals surface area contributed by atoms with Gasteiger partial charge in [-0.25, -0.2) is 9.97 Å². The summed E-state index contributed by atoms with van der Waals surface area (Å²) < 4.78 is 0. The zero-order chi connectivity index (χ0) is 14.1. The van der Waals surface area contributed by atoms with Crippen LogP contribution in [0.25, 0.3) is 10.9 Å². The van der Waals surface area contributed by atoms with Gasteiger partial charge in [0.25, 0.3) is 0 Å². The molecule has 3 aromatic rings. The molecule has 0 spiro atoms. The number of hydrogen-bond donors (Lipinski definition) is 1. The van der Waals surface area contributed by atoms with Crippen LogP contribution in [0.5, 0.6) is 0 Å². The molecule has 1 aliphatic heterocycles. The van der Waals surface area contributed by atoms with Gasteiger partial charge in [-0.05, 0) is 41.8 Å². The molecule has 1 N–H and O–H groups in total. The van der Waals surface area contributed by atoms with E-state index in [9.17, 15) is 0 Å². The van der Waals surface area contributed by atoms with Crippen LogP contribution in [0.3, 0.4) is 0 Å². The third-order valence-electron chi connectivity index (χ3n) is 3.69. The van der Waals surface area contributed by atoms with Gasteiger partial charge in [-0.3, -0.25) is 4.98 Å². The molecule has 0 amide bonds. The van der Waals surface area contributed by atoms with Gasteiger partial charge >= 0.3 is 0 Å². The Labute approximate surface area is 127 Å². The number of aryl methyl sites for hydroxylation is 1. The first-order valence-corrected chi connectivity index (χ1v) is 7.92. The maximum absolute atomic E-state index is 4.45. The van der Waals surface area contributed by atoms with Gasteiger partial charge in [0.05, 0.1) is 5.52 Å². The molecule has 0 unspecified atom stereocenters. The van der Waals surface area contributed by atoms with E-state index in [-0.39, 0.29) is 0 Å².